The van der Waals surface area contributed by atoms with Crippen LogP contribution in [0.5, 0.6) is 5.75 Å². The average molecular weight is 602 g/mol. The first-order chi connectivity index (χ1) is 21.7. The predicted octanol–water partition coefficient (Wildman–Crippen LogP) is 5.29. The van der Waals surface area contributed by atoms with E-state index in [1.165, 1.54) is 6.08 Å². The Labute approximate surface area is 260 Å². The van der Waals surface area contributed by atoms with Gasteiger partial charge in [-0.05, 0) is 60.1 Å². The van der Waals surface area contributed by atoms with Crippen LogP contribution >= 0.6 is 0 Å². The summed E-state index contributed by atoms with van der Waals surface area (Å²) in [5.74, 6) is -5.44. The van der Waals surface area contributed by atoms with E-state index in [9.17, 15) is 29.1 Å². The van der Waals surface area contributed by atoms with Crippen molar-refractivity contribution in [3.63, 3.8) is 0 Å². The number of nitrogens with zero attached hydrogens (tertiary/aromatic N) is 1. The summed E-state index contributed by atoms with van der Waals surface area (Å²) in [7, 11) is 1.12. The number of carbonyl (C=O) groups is 5. The number of hydrogen-bond acceptors (Lipinski definition) is 7. The molecule has 0 spiro atoms. The fraction of sp³-hybridized carbons (Fsp3) is 0.270. The van der Waals surface area contributed by atoms with E-state index >= 15 is 0 Å². The van der Waals surface area contributed by atoms with Crippen molar-refractivity contribution in [1.29, 1.82) is 0 Å². The van der Waals surface area contributed by atoms with Crippen molar-refractivity contribution in [3.05, 3.63) is 119 Å². The Kier molecular flexibility index (Phi) is 6.69. The number of hydrogen-bond donors (Lipinski definition) is 1. The molecule has 0 aromatic heterocycles. The summed E-state index contributed by atoms with van der Waals surface area (Å²) in [5.41, 5.74) is 2.36. The Morgan fingerprint density at radius 2 is 1.60 bits per heavy atom. The number of aryl methyl sites for hydroxylation is 1. The third-order valence-corrected chi connectivity index (χ3v) is 10.3. The Balaban J connectivity index is 1.50. The smallest absolute Gasteiger partial charge is 0.423 e. The van der Waals surface area contributed by atoms with E-state index in [4.69, 9.17) is 4.74 Å². The van der Waals surface area contributed by atoms with Crippen LogP contribution in [0.15, 0.2) is 96.6 Å². The number of benzene rings is 3. The van der Waals surface area contributed by atoms with Crippen molar-refractivity contribution in [1.82, 2.24) is 4.90 Å². The van der Waals surface area contributed by atoms with E-state index in [1.807, 2.05) is 60.7 Å². The van der Waals surface area contributed by atoms with Crippen LogP contribution in [0.25, 0.3) is 5.57 Å². The molecule has 7 rings (SSSR count). The van der Waals surface area contributed by atoms with Crippen LogP contribution in [0, 0.1) is 30.6 Å². The van der Waals surface area contributed by atoms with Crippen LogP contribution in [0.1, 0.15) is 41.0 Å². The van der Waals surface area contributed by atoms with Crippen molar-refractivity contribution in [3.8, 4) is 5.75 Å². The van der Waals surface area contributed by atoms with Crippen LogP contribution in [0.2, 0.25) is 0 Å². The van der Waals surface area contributed by atoms with Crippen molar-refractivity contribution >= 4 is 35.0 Å². The van der Waals surface area contributed by atoms with Gasteiger partial charge in [-0.25, -0.2) is 4.79 Å². The Bertz CT molecular complexity index is 1840. The number of rotatable bonds is 3. The maximum atomic E-state index is 14.9. The Morgan fingerprint density at radius 3 is 2.27 bits per heavy atom. The molecule has 0 radical (unpaired) electrons. The monoisotopic (exact) mass is 601 g/mol. The van der Waals surface area contributed by atoms with Crippen LogP contribution in [-0.2, 0) is 29.3 Å². The van der Waals surface area contributed by atoms with Gasteiger partial charge in [0.05, 0.1) is 24.4 Å². The highest BCUT2D eigenvalue weighted by Gasteiger charge is 2.66. The van der Waals surface area contributed by atoms with Gasteiger partial charge >= 0.3 is 6.09 Å². The van der Waals surface area contributed by atoms with Crippen LogP contribution < -0.4 is 0 Å². The molecule has 1 heterocycles. The van der Waals surface area contributed by atoms with Gasteiger partial charge in [-0.15, -0.1) is 0 Å². The summed E-state index contributed by atoms with van der Waals surface area (Å²) in [4.78, 5) is 70.1. The molecule has 6 atom stereocenters. The lowest BCUT2D eigenvalue weighted by Gasteiger charge is -2.55. The number of likely N-dealkylation sites (tertiary alicyclic amines) is 1. The molecule has 1 aliphatic heterocycles. The molecule has 3 aromatic rings. The first-order valence-corrected chi connectivity index (χ1v) is 15.1. The third kappa shape index (κ3) is 4.01. The largest absolute Gasteiger partial charge is 0.508 e. The first kappa shape index (κ1) is 28.6. The summed E-state index contributed by atoms with van der Waals surface area (Å²) in [6.45, 7) is 1.77. The number of fused-ring (bicyclic) bond motifs is 4. The lowest BCUT2D eigenvalue weighted by atomic mass is 9.44. The molecule has 1 N–H and O–H groups in total. The lowest BCUT2D eigenvalue weighted by molar-refractivity contribution is -0.138. The van der Waals surface area contributed by atoms with Gasteiger partial charge in [-0.2, -0.15) is 4.90 Å². The molecule has 4 aliphatic rings. The van der Waals surface area contributed by atoms with Crippen LogP contribution in [0.4, 0.5) is 4.79 Å². The number of allylic oxidation sites excluding steroid dienone is 4. The van der Waals surface area contributed by atoms with Crippen LogP contribution in [-0.4, -0.2) is 46.6 Å². The highest BCUT2D eigenvalue weighted by Crippen LogP contribution is 2.63. The minimum absolute atomic E-state index is 0.0942. The molecule has 3 aromatic carbocycles. The highest BCUT2D eigenvalue weighted by atomic mass is 16.5. The molecule has 3 aliphatic carbocycles. The summed E-state index contributed by atoms with van der Waals surface area (Å²) >= 11 is 0. The van der Waals surface area contributed by atoms with Gasteiger partial charge < -0.3 is 9.84 Å². The van der Waals surface area contributed by atoms with Crippen molar-refractivity contribution in [2.45, 2.75) is 31.1 Å². The standard InChI is InChI=1S/C37H31NO7/c1-20-17-22(13-16-29(20)39)32-24-14-15-25-31(35(43)38(34(25)42)36(44)45-2)27(24)18-28-33(41)26(21-9-5-3-6-10-21)19-30(40)37(28,32)23-11-7-4-8-12-23/h3-14,16-17,19,25,27-28,31-32,39H,15,18H2,1-2H3/t25-,27+,28-,31-,32-,37-/m0/s1. The van der Waals surface area contributed by atoms with Crippen LogP contribution in [0.3, 0.4) is 0 Å². The topological polar surface area (TPSA) is 118 Å². The fourth-order valence-corrected chi connectivity index (χ4v) is 8.38. The third-order valence-electron chi connectivity index (χ3n) is 10.3. The van der Waals surface area contributed by atoms with Crippen molar-refractivity contribution in [2.75, 3.05) is 7.11 Å². The Morgan fingerprint density at radius 1 is 0.911 bits per heavy atom. The van der Waals surface area contributed by atoms with Gasteiger partial charge in [-0.3, -0.25) is 19.2 Å². The van der Waals surface area contributed by atoms with Gasteiger partial charge in [-0.1, -0.05) is 84.4 Å². The van der Waals surface area contributed by atoms with Crippen molar-refractivity contribution in [2.24, 2.45) is 23.7 Å². The van der Waals surface area contributed by atoms with E-state index in [0.717, 1.165) is 12.7 Å². The number of phenols is 1. The molecular formula is C37H31NO7. The van der Waals surface area contributed by atoms with E-state index in [2.05, 4.69) is 0 Å². The van der Waals surface area contributed by atoms with E-state index in [1.54, 1.807) is 31.2 Å². The quantitative estimate of drug-likeness (QED) is 0.320. The summed E-state index contributed by atoms with van der Waals surface area (Å²) in [5, 5.41) is 10.5. The number of ketones is 2. The summed E-state index contributed by atoms with van der Waals surface area (Å²) in [6.07, 6.45) is 2.71. The SMILES string of the molecule is COC(=O)N1C(=O)[C@H]2[C@H](CC=C3[C@H]2C[C@H]2C(=O)C(c4ccccc4)=CC(=O)[C@@]2(c2ccccc2)[C@H]3c2ccc(O)c(C)c2)C1=O. The zero-order valence-electron chi connectivity index (χ0n) is 24.8. The minimum Gasteiger partial charge on any atom is -0.508 e. The number of carbonyl (C=O) groups excluding carboxylic acids is 5. The molecule has 45 heavy (non-hydrogen) atoms. The van der Waals surface area contributed by atoms with E-state index in [0.29, 0.717) is 32.7 Å². The number of phenolic OH excluding ortho intramolecular Hbond substituents is 1. The van der Waals surface area contributed by atoms with Gasteiger partial charge in [0.2, 0.25) is 11.8 Å². The fourth-order valence-electron chi connectivity index (χ4n) is 8.38. The summed E-state index contributed by atoms with van der Waals surface area (Å²) in [6, 6.07) is 23.5. The molecule has 2 fully saturated rings. The highest BCUT2D eigenvalue weighted by molar-refractivity contribution is 6.31. The second-order valence-electron chi connectivity index (χ2n) is 12.3. The molecule has 3 amide bonds. The maximum absolute atomic E-state index is 14.9. The summed E-state index contributed by atoms with van der Waals surface area (Å²) < 4.78 is 4.78. The second kappa shape index (κ2) is 10.5. The minimum atomic E-state index is -1.36. The lowest BCUT2D eigenvalue weighted by Crippen LogP contribution is -2.58. The van der Waals surface area contributed by atoms with Gasteiger partial charge in [0.1, 0.15) is 5.75 Å². The van der Waals surface area contributed by atoms with Gasteiger partial charge in [0.15, 0.2) is 11.6 Å². The molecule has 8 heteroatoms. The molecule has 0 bridgehead atoms. The maximum Gasteiger partial charge on any atom is 0.423 e. The van der Waals surface area contributed by atoms with E-state index in [-0.39, 0.29) is 30.2 Å². The molecule has 8 nitrogen and oxygen atoms in total. The van der Waals surface area contributed by atoms with E-state index < -0.39 is 52.9 Å². The molecule has 226 valence electrons. The number of ether oxygens (including phenoxy) is 1. The number of methoxy groups -OCH3 is 1. The molecule has 1 saturated heterocycles. The second-order valence-corrected chi connectivity index (χ2v) is 12.3. The molecule has 0 unspecified atom stereocenters. The first-order valence-electron chi connectivity index (χ1n) is 15.1. The average Bonchev–Trinajstić information content (AvgIpc) is 3.32. The number of imide groups is 3. The van der Waals surface area contributed by atoms with Gasteiger partial charge in [0.25, 0.3) is 0 Å². The van der Waals surface area contributed by atoms with Gasteiger partial charge in [0, 0.05) is 17.4 Å². The Hall–Kier alpha value is -5.11. The normalized spacial score (nSPS) is 28.9. The number of Topliss-reactive ketones (excluding diaryl/α,β-unsaturated/α-hetero) is 1. The van der Waals surface area contributed by atoms with Crippen molar-refractivity contribution < 1.29 is 33.8 Å². The number of aromatic hydroxyl groups is 1. The zero-order chi connectivity index (χ0) is 31.6. The zero-order valence-corrected chi connectivity index (χ0v) is 24.8. The molecular weight excluding hydrogens is 570 g/mol. The predicted molar refractivity (Wildman–Crippen MR) is 164 cm³/mol. The molecule has 1 saturated carbocycles. The number of amides is 3.